The number of hydrogen-bond acceptors (Lipinski definition) is 3. The summed E-state index contributed by atoms with van der Waals surface area (Å²) in [5.41, 5.74) is 2.09. The van der Waals surface area contributed by atoms with E-state index in [-0.39, 0.29) is 16.7 Å². The molecule has 1 aliphatic carbocycles. The number of likely N-dealkylation sites (tertiary alicyclic amines) is 1. The summed E-state index contributed by atoms with van der Waals surface area (Å²) in [7, 11) is 3.40. The predicted molar refractivity (Wildman–Crippen MR) is 89.8 cm³/mol. The van der Waals surface area contributed by atoms with Crippen LogP contribution in [0.15, 0.2) is 18.2 Å². The van der Waals surface area contributed by atoms with Gasteiger partial charge in [0, 0.05) is 36.7 Å². The van der Waals surface area contributed by atoms with Crippen LogP contribution in [0.2, 0.25) is 0 Å². The van der Waals surface area contributed by atoms with Crippen LogP contribution in [0.25, 0.3) is 0 Å². The summed E-state index contributed by atoms with van der Waals surface area (Å²) in [6, 6.07) is 5.68. The van der Waals surface area contributed by atoms with Gasteiger partial charge in [-0.05, 0) is 36.8 Å². The van der Waals surface area contributed by atoms with Crippen LogP contribution in [0, 0.1) is 23.7 Å². The standard InChI is InChI=1S/C19H27NO3/c1-13-14(7-6-8-15(13)23-5)17(21)20-9-16-18(2,3)10-19(16,11-20)12-22-4/h6-8,16H,9-12H2,1-5H3/t16-,19-/m1/s1. The molecule has 1 heterocycles. The average Bonchev–Trinajstić information content (AvgIpc) is 2.82. The van der Waals surface area contributed by atoms with Crippen molar-refractivity contribution in [3.05, 3.63) is 29.3 Å². The highest BCUT2D eigenvalue weighted by Crippen LogP contribution is 2.62. The van der Waals surface area contributed by atoms with Gasteiger partial charge in [-0.25, -0.2) is 0 Å². The Morgan fingerprint density at radius 3 is 2.70 bits per heavy atom. The maximum Gasteiger partial charge on any atom is 0.254 e. The Balaban J connectivity index is 1.85. The third-order valence-electron chi connectivity index (χ3n) is 5.85. The van der Waals surface area contributed by atoms with Crippen LogP contribution in [-0.4, -0.2) is 44.7 Å². The smallest absolute Gasteiger partial charge is 0.254 e. The molecule has 2 atom stereocenters. The number of amides is 1. The van der Waals surface area contributed by atoms with Gasteiger partial charge in [-0.1, -0.05) is 19.9 Å². The number of fused-ring (bicyclic) bond motifs is 1. The van der Waals surface area contributed by atoms with Crippen LogP contribution in [-0.2, 0) is 4.74 Å². The summed E-state index contributed by atoms with van der Waals surface area (Å²) >= 11 is 0. The van der Waals surface area contributed by atoms with Gasteiger partial charge in [0.15, 0.2) is 0 Å². The van der Waals surface area contributed by atoms with Crippen LogP contribution in [0.1, 0.15) is 36.2 Å². The molecule has 1 saturated heterocycles. The van der Waals surface area contributed by atoms with Crippen LogP contribution in [0.5, 0.6) is 5.75 Å². The van der Waals surface area contributed by atoms with E-state index in [2.05, 4.69) is 13.8 Å². The zero-order valence-electron chi connectivity index (χ0n) is 14.8. The summed E-state index contributed by atoms with van der Waals surface area (Å²) in [5.74, 6) is 1.40. The summed E-state index contributed by atoms with van der Waals surface area (Å²) in [4.78, 5) is 15.1. The Morgan fingerprint density at radius 2 is 2.09 bits per heavy atom. The lowest BCUT2D eigenvalue weighted by Gasteiger charge is -2.56. The van der Waals surface area contributed by atoms with Gasteiger partial charge >= 0.3 is 0 Å². The van der Waals surface area contributed by atoms with Crippen molar-refractivity contribution >= 4 is 5.91 Å². The quantitative estimate of drug-likeness (QED) is 0.856. The Morgan fingerprint density at radius 1 is 1.35 bits per heavy atom. The lowest BCUT2D eigenvalue weighted by molar-refractivity contribution is -0.107. The third-order valence-corrected chi connectivity index (χ3v) is 5.85. The van der Waals surface area contributed by atoms with Gasteiger partial charge in [-0.2, -0.15) is 0 Å². The molecule has 1 aromatic carbocycles. The van der Waals surface area contributed by atoms with Crippen molar-refractivity contribution in [1.82, 2.24) is 4.90 Å². The average molecular weight is 317 g/mol. The lowest BCUT2D eigenvalue weighted by atomic mass is 9.48. The van der Waals surface area contributed by atoms with Crippen LogP contribution >= 0.6 is 0 Å². The van der Waals surface area contributed by atoms with Crippen molar-refractivity contribution in [2.75, 3.05) is 33.9 Å². The second-order valence-corrected chi connectivity index (χ2v) is 7.83. The second kappa shape index (κ2) is 5.52. The van der Waals surface area contributed by atoms with Crippen molar-refractivity contribution in [1.29, 1.82) is 0 Å². The van der Waals surface area contributed by atoms with Gasteiger partial charge in [0.05, 0.1) is 13.7 Å². The topological polar surface area (TPSA) is 38.8 Å². The van der Waals surface area contributed by atoms with E-state index in [1.54, 1.807) is 14.2 Å². The number of ether oxygens (including phenoxy) is 2. The van der Waals surface area contributed by atoms with E-state index in [4.69, 9.17) is 9.47 Å². The molecule has 0 aromatic heterocycles. The minimum atomic E-state index is 0.113. The van der Waals surface area contributed by atoms with Crippen molar-refractivity contribution in [2.24, 2.45) is 16.7 Å². The Labute approximate surface area is 138 Å². The van der Waals surface area contributed by atoms with E-state index in [1.807, 2.05) is 30.0 Å². The molecule has 0 spiro atoms. The Hall–Kier alpha value is -1.55. The fourth-order valence-electron chi connectivity index (χ4n) is 5.00. The predicted octanol–water partition coefficient (Wildman–Crippen LogP) is 3.14. The zero-order chi connectivity index (χ0) is 16.8. The van der Waals surface area contributed by atoms with Gasteiger partial charge in [-0.15, -0.1) is 0 Å². The van der Waals surface area contributed by atoms with E-state index in [9.17, 15) is 4.79 Å². The highest BCUT2D eigenvalue weighted by atomic mass is 16.5. The maximum absolute atomic E-state index is 13.0. The molecule has 23 heavy (non-hydrogen) atoms. The number of carbonyl (C=O) groups is 1. The SMILES string of the molecule is COC[C@@]12CN(C(=O)c3cccc(OC)c3C)C[C@@H]1C(C)(C)C2. The first kappa shape index (κ1) is 16.3. The molecule has 2 aliphatic rings. The lowest BCUT2D eigenvalue weighted by Crippen LogP contribution is -2.55. The Kier molecular flexibility index (Phi) is 3.91. The molecule has 1 aliphatic heterocycles. The largest absolute Gasteiger partial charge is 0.496 e. The van der Waals surface area contributed by atoms with Crippen molar-refractivity contribution in [3.8, 4) is 5.75 Å². The first-order valence-corrected chi connectivity index (χ1v) is 8.26. The van der Waals surface area contributed by atoms with Crippen molar-refractivity contribution in [2.45, 2.75) is 27.2 Å². The van der Waals surface area contributed by atoms with Gasteiger partial charge in [0.25, 0.3) is 5.91 Å². The minimum absolute atomic E-state index is 0.113. The number of hydrogen-bond donors (Lipinski definition) is 0. The molecule has 1 amide bonds. The molecule has 0 radical (unpaired) electrons. The highest BCUT2D eigenvalue weighted by Gasteiger charge is 2.63. The fourth-order valence-corrected chi connectivity index (χ4v) is 5.00. The molecular weight excluding hydrogens is 290 g/mol. The van der Waals surface area contributed by atoms with Gasteiger partial charge in [0.2, 0.25) is 0 Å². The van der Waals surface area contributed by atoms with E-state index in [0.29, 0.717) is 5.92 Å². The summed E-state index contributed by atoms with van der Waals surface area (Å²) in [5, 5.41) is 0. The number of benzene rings is 1. The molecule has 1 aromatic rings. The number of nitrogens with zero attached hydrogens (tertiary/aromatic N) is 1. The van der Waals surface area contributed by atoms with E-state index >= 15 is 0 Å². The van der Waals surface area contributed by atoms with E-state index in [1.165, 1.54) is 0 Å². The summed E-state index contributed by atoms with van der Waals surface area (Å²) in [6.07, 6.45) is 1.12. The second-order valence-electron chi connectivity index (χ2n) is 7.83. The van der Waals surface area contributed by atoms with Crippen molar-refractivity contribution < 1.29 is 14.3 Å². The Bertz CT molecular complexity index is 625. The molecule has 0 N–H and O–H groups in total. The monoisotopic (exact) mass is 317 g/mol. The third kappa shape index (κ3) is 2.44. The van der Waals surface area contributed by atoms with Crippen molar-refractivity contribution in [3.63, 3.8) is 0 Å². The van der Waals surface area contributed by atoms with Crippen LogP contribution in [0.4, 0.5) is 0 Å². The summed E-state index contributed by atoms with van der Waals surface area (Å²) < 4.78 is 10.8. The normalized spacial score (nSPS) is 28.2. The van der Waals surface area contributed by atoms with E-state index in [0.717, 1.165) is 43.0 Å². The molecule has 126 valence electrons. The molecule has 4 heteroatoms. The van der Waals surface area contributed by atoms with Crippen LogP contribution in [0.3, 0.4) is 0 Å². The molecule has 3 rings (SSSR count). The molecule has 4 nitrogen and oxygen atoms in total. The number of carbonyl (C=O) groups excluding carboxylic acids is 1. The summed E-state index contributed by atoms with van der Waals surface area (Å²) in [6.45, 7) is 8.91. The fraction of sp³-hybridized carbons (Fsp3) is 0.632. The molecule has 1 saturated carbocycles. The molecule has 0 bridgehead atoms. The molecular formula is C19H27NO3. The first-order valence-electron chi connectivity index (χ1n) is 8.26. The zero-order valence-corrected chi connectivity index (χ0v) is 14.8. The van der Waals surface area contributed by atoms with Gasteiger partial charge in [0.1, 0.15) is 5.75 Å². The van der Waals surface area contributed by atoms with Crippen LogP contribution < -0.4 is 4.74 Å². The number of rotatable bonds is 4. The van der Waals surface area contributed by atoms with Gasteiger partial charge in [-0.3, -0.25) is 4.79 Å². The molecule has 2 fully saturated rings. The highest BCUT2D eigenvalue weighted by molar-refractivity contribution is 5.96. The van der Waals surface area contributed by atoms with Gasteiger partial charge < -0.3 is 14.4 Å². The number of methoxy groups -OCH3 is 2. The molecule has 0 unspecified atom stereocenters. The first-order chi connectivity index (χ1) is 10.8. The minimum Gasteiger partial charge on any atom is -0.496 e. The van der Waals surface area contributed by atoms with E-state index < -0.39 is 0 Å². The maximum atomic E-state index is 13.0.